The van der Waals surface area contributed by atoms with Gasteiger partial charge < -0.3 is 20.3 Å². The maximum Gasteiger partial charge on any atom is 0.322 e. The second-order valence-electron chi connectivity index (χ2n) is 5.05. The average Bonchev–Trinajstić information content (AvgIpc) is 2.53. The van der Waals surface area contributed by atoms with Crippen LogP contribution in [0.1, 0.15) is 30.1 Å². The van der Waals surface area contributed by atoms with E-state index in [1.165, 1.54) is 6.07 Å². The smallest absolute Gasteiger partial charge is 0.322 e. The number of aromatic hydroxyl groups is 1. The van der Waals surface area contributed by atoms with Crippen LogP contribution in [0.5, 0.6) is 10.8 Å². The van der Waals surface area contributed by atoms with Crippen molar-refractivity contribution in [3.63, 3.8) is 0 Å². The quantitative estimate of drug-likeness (QED) is 0.657. The number of benzene rings is 1. The fourth-order valence-electron chi connectivity index (χ4n) is 2.03. The molecule has 3 N–H and O–H groups in total. The number of fused-ring (bicyclic) bond motifs is 1. The summed E-state index contributed by atoms with van der Waals surface area (Å²) in [4.78, 5) is 34.8. The van der Waals surface area contributed by atoms with Crippen LogP contribution in [0, 0.1) is 0 Å². The molecule has 1 heterocycles. The summed E-state index contributed by atoms with van der Waals surface area (Å²) in [5, 5.41) is 20.5. The maximum absolute atomic E-state index is 12.4. The van der Waals surface area contributed by atoms with E-state index >= 15 is 0 Å². The molecule has 0 fully saturated rings. The lowest BCUT2D eigenvalue weighted by Gasteiger charge is -2.08. The minimum absolute atomic E-state index is 0.265. The zero-order valence-electron chi connectivity index (χ0n) is 13.0. The molecule has 0 atom stereocenters. The molecule has 128 valence electrons. The highest BCUT2D eigenvalue weighted by atomic mass is 32.1. The molecule has 8 heteroatoms. The fraction of sp³-hybridized carbons (Fsp3) is 0.312. The van der Waals surface area contributed by atoms with Gasteiger partial charge in [0.15, 0.2) is 5.06 Å². The van der Waals surface area contributed by atoms with Gasteiger partial charge in [-0.05, 0) is 24.6 Å². The Balaban J connectivity index is 2.36. The minimum Gasteiger partial charge on any atom is -0.499 e. The van der Waals surface area contributed by atoms with E-state index in [4.69, 9.17) is 9.84 Å². The van der Waals surface area contributed by atoms with Gasteiger partial charge in [-0.2, -0.15) is 0 Å². The van der Waals surface area contributed by atoms with Gasteiger partial charge in [-0.15, -0.1) is 0 Å². The summed E-state index contributed by atoms with van der Waals surface area (Å²) in [5.41, 5.74) is -1.10. The standard InChI is InChI=1S/C16H17NO6S/c1-2-3-6-23-9-4-5-10-11(7-9)24-16(22)13(14(10)20)15(21)17-8-12(18)19/h4-5,7,22H,2-3,6,8H2,1H3,(H,17,21)(H,18,19). The molecule has 1 amide bonds. The van der Waals surface area contributed by atoms with Gasteiger partial charge in [0.2, 0.25) is 5.43 Å². The van der Waals surface area contributed by atoms with Crippen LogP contribution in [0.4, 0.5) is 0 Å². The molecule has 0 radical (unpaired) electrons. The number of aliphatic carboxylic acids is 1. The van der Waals surface area contributed by atoms with E-state index in [1.807, 2.05) is 6.92 Å². The Labute approximate surface area is 141 Å². The van der Waals surface area contributed by atoms with Crippen molar-refractivity contribution in [1.82, 2.24) is 5.32 Å². The maximum atomic E-state index is 12.4. The predicted molar refractivity (Wildman–Crippen MR) is 90.1 cm³/mol. The normalized spacial score (nSPS) is 10.5. The molecule has 0 saturated heterocycles. The van der Waals surface area contributed by atoms with Crippen LogP contribution in [-0.2, 0) is 4.79 Å². The minimum atomic E-state index is -1.24. The van der Waals surface area contributed by atoms with Crippen LogP contribution in [0.25, 0.3) is 10.1 Å². The van der Waals surface area contributed by atoms with E-state index in [0.29, 0.717) is 17.1 Å². The van der Waals surface area contributed by atoms with E-state index in [9.17, 15) is 19.5 Å². The number of hydrogen-bond donors (Lipinski definition) is 3. The van der Waals surface area contributed by atoms with E-state index in [2.05, 4.69) is 5.32 Å². The monoisotopic (exact) mass is 351 g/mol. The highest BCUT2D eigenvalue weighted by molar-refractivity contribution is 7.20. The van der Waals surface area contributed by atoms with Crippen LogP contribution in [0.3, 0.4) is 0 Å². The van der Waals surface area contributed by atoms with Gasteiger partial charge in [0.05, 0.1) is 6.61 Å². The number of nitrogens with one attached hydrogen (secondary N) is 1. The van der Waals surface area contributed by atoms with Crippen molar-refractivity contribution in [3.05, 3.63) is 34.0 Å². The number of carbonyl (C=O) groups excluding carboxylic acids is 1. The van der Waals surface area contributed by atoms with Crippen LogP contribution < -0.4 is 15.5 Å². The van der Waals surface area contributed by atoms with Crippen molar-refractivity contribution >= 4 is 33.3 Å². The zero-order valence-corrected chi connectivity index (χ0v) is 13.8. The summed E-state index contributed by atoms with van der Waals surface area (Å²) in [6, 6.07) is 4.79. The molecule has 7 nitrogen and oxygen atoms in total. The predicted octanol–water partition coefficient (Wildman–Crippen LogP) is 1.96. The first-order valence-electron chi connectivity index (χ1n) is 7.36. The molecule has 0 aliphatic heterocycles. The number of unbranched alkanes of at least 4 members (excludes halogenated alkanes) is 1. The Morgan fingerprint density at radius 3 is 2.75 bits per heavy atom. The number of carboxylic acids is 1. The summed E-state index contributed by atoms with van der Waals surface area (Å²) in [7, 11) is 0. The average molecular weight is 351 g/mol. The summed E-state index contributed by atoms with van der Waals surface area (Å²) >= 11 is 0.866. The van der Waals surface area contributed by atoms with E-state index in [-0.39, 0.29) is 5.39 Å². The van der Waals surface area contributed by atoms with E-state index in [0.717, 1.165) is 24.2 Å². The molecule has 0 unspecified atom stereocenters. The second kappa shape index (κ2) is 7.78. The number of rotatable bonds is 7. The highest BCUT2D eigenvalue weighted by Crippen LogP contribution is 2.30. The summed E-state index contributed by atoms with van der Waals surface area (Å²) in [5.74, 6) is -1.58. The van der Waals surface area contributed by atoms with E-state index in [1.54, 1.807) is 12.1 Å². The van der Waals surface area contributed by atoms with Crippen molar-refractivity contribution in [3.8, 4) is 10.8 Å². The lowest BCUT2D eigenvalue weighted by atomic mass is 10.2. The third-order valence-corrected chi connectivity index (χ3v) is 4.19. The highest BCUT2D eigenvalue weighted by Gasteiger charge is 2.20. The molecule has 1 aromatic carbocycles. The van der Waals surface area contributed by atoms with Gasteiger partial charge >= 0.3 is 5.97 Å². The Hall–Kier alpha value is -2.61. The molecule has 0 aliphatic carbocycles. The van der Waals surface area contributed by atoms with Gasteiger partial charge in [0.1, 0.15) is 17.9 Å². The summed E-state index contributed by atoms with van der Waals surface area (Å²) < 4.78 is 6.04. The van der Waals surface area contributed by atoms with Gasteiger partial charge in [-0.3, -0.25) is 14.4 Å². The lowest BCUT2D eigenvalue weighted by Crippen LogP contribution is -2.32. The SMILES string of the molecule is CCCCOc1ccc2c(=O)c(C(=O)NCC(=O)O)c(O)sc2c1. The summed E-state index contributed by atoms with van der Waals surface area (Å²) in [6.07, 6.45) is 1.90. The van der Waals surface area contributed by atoms with Crippen molar-refractivity contribution in [2.75, 3.05) is 13.2 Å². The van der Waals surface area contributed by atoms with Crippen LogP contribution in [0.2, 0.25) is 0 Å². The Morgan fingerprint density at radius 2 is 2.08 bits per heavy atom. The second-order valence-corrected chi connectivity index (χ2v) is 6.08. The molecule has 2 rings (SSSR count). The largest absolute Gasteiger partial charge is 0.499 e. The van der Waals surface area contributed by atoms with Crippen LogP contribution >= 0.6 is 11.3 Å². The molecular formula is C16H17NO6S. The first-order chi connectivity index (χ1) is 11.4. The topological polar surface area (TPSA) is 113 Å². The zero-order chi connectivity index (χ0) is 17.7. The fourth-order valence-corrected chi connectivity index (χ4v) is 2.97. The van der Waals surface area contributed by atoms with Crippen molar-refractivity contribution in [1.29, 1.82) is 0 Å². The molecule has 1 aromatic heterocycles. The molecule has 2 aromatic rings. The van der Waals surface area contributed by atoms with Crippen LogP contribution in [-0.4, -0.2) is 35.2 Å². The number of carboxylic acid groups (broad SMARTS) is 1. The molecule has 24 heavy (non-hydrogen) atoms. The Kier molecular flexibility index (Phi) is 5.75. The Morgan fingerprint density at radius 1 is 1.33 bits per heavy atom. The number of ether oxygens (including phenoxy) is 1. The van der Waals surface area contributed by atoms with Gasteiger partial charge in [-0.1, -0.05) is 24.7 Å². The first-order valence-corrected chi connectivity index (χ1v) is 8.18. The third kappa shape index (κ3) is 4.02. The van der Waals surface area contributed by atoms with E-state index < -0.39 is 34.5 Å². The summed E-state index contributed by atoms with van der Waals surface area (Å²) in [6.45, 7) is 1.97. The lowest BCUT2D eigenvalue weighted by molar-refractivity contribution is -0.135. The van der Waals surface area contributed by atoms with Crippen molar-refractivity contribution in [2.24, 2.45) is 0 Å². The van der Waals surface area contributed by atoms with Gasteiger partial charge in [0, 0.05) is 10.1 Å². The molecule has 0 bridgehead atoms. The van der Waals surface area contributed by atoms with Crippen LogP contribution in [0.15, 0.2) is 23.0 Å². The van der Waals surface area contributed by atoms with Crippen molar-refractivity contribution in [2.45, 2.75) is 19.8 Å². The Bertz CT molecular complexity index is 829. The molecule has 0 saturated carbocycles. The molecule has 0 aliphatic rings. The first kappa shape index (κ1) is 17.7. The van der Waals surface area contributed by atoms with Crippen molar-refractivity contribution < 1.29 is 24.5 Å². The van der Waals surface area contributed by atoms with Gasteiger partial charge in [0.25, 0.3) is 5.91 Å². The third-order valence-electron chi connectivity index (χ3n) is 3.24. The number of hydrogen-bond acceptors (Lipinski definition) is 6. The number of carbonyl (C=O) groups is 2. The molecular weight excluding hydrogens is 334 g/mol. The molecule has 0 spiro atoms. The number of amides is 1. The van der Waals surface area contributed by atoms with Gasteiger partial charge in [-0.25, -0.2) is 0 Å².